The number of nitrogens with zero attached hydrogens (tertiary/aromatic N) is 1. The number of carbonyl (C=O) groups is 1. The molecule has 31 heavy (non-hydrogen) atoms. The lowest BCUT2D eigenvalue weighted by Gasteiger charge is -2.37. The van der Waals surface area contributed by atoms with Crippen LogP contribution in [0.1, 0.15) is 29.0 Å². The molecule has 1 aliphatic rings. The predicted molar refractivity (Wildman–Crippen MR) is 111 cm³/mol. The number of piperidine rings is 1. The van der Waals surface area contributed by atoms with E-state index in [1.165, 1.54) is 11.0 Å². The normalized spacial score (nSPS) is 19.5. The Balaban J connectivity index is 1.56. The Morgan fingerprint density at radius 3 is 2.55 bits per heavy atom. The van der Waals surface area contributed by atoms with Crippen molar-refractivity contribution >= 4 is 16.9 Å². The van der Waals surface area contributed by atoms with Crippen molar-refractivity contribution in [1.29, 1.82) is 0 Å². The maximum Gasteiger partial charge on any atom is 0.416 e. The Bertz CT molecular complexity index is 1080. The van der Waals surface area contributed by atoms with Crippen molar-refractivity contribution in [3.8, 4) is 0 Å². The summed E-state index contributed by atoms with van der Waals surface area (Å²) in [7, 11) is 0. The van der Waals surface area contributed by atoms with Gasteiger partial charge in [0, 0.05) is 12.5 Å². The van der Waals surface area contributed by atoms with Crippen LogP contribution in [-0.2, 0) is 17.5 Å². The highest BCUT2D eigenvalue weighted by Crippen LogP contribution is 2.35. The van der Waals surface area contributed by atoms with E-state index in [4.69, 9.17) is 4.74 Å². The van der Waals surface area contributed by atoms with Gasteiger partial charge >= 0.3 is 12.3 Å². The van der Waals surface area contributed by atoms with Gasteiger partial charge in [-0.25, -0.2) is 4.79 Å². The molecule has 1 fully saturated rings. The Kier molecular flexibility index (Phi) is 5.87. The molecule has 0 spiro atoms. The van der Waals surface area contributed by atoms with Gasteiger partial charge in [-0.05, 0) is 40.5 Å². The van der Waals surface area contributed by atoms with Gasteiger partial charge in [0.15, 0.2) is 0 Å². The van der Waals surface area contributed by atoms with E-state index >= 15 is 0 Å². The molecule has 0 aromatic heterocycles. The molecule has 1 saturated heterocycles. The predicted octanol–water partition coefficient (Wildman–Crippen LogP) is 5.91. The molecule has 0 aliphatic carbocycles. The van der Waals surface area contributed by atoms with Crippen molar-refractivity contribution in [3.05, 3.63) is 83.4 Å². The molecule has 4 nitrogen and oxygen atoms in total. The largest absolute Gasteiger partial charge is 0.465 e. The van der Waals surface area contributed by atoms with Gasteiger partial charge in [-0.3, -0.25) is 0 Å². The number of amides is 1. The van der Waals surface area contributed by atoms with Gasteiger partial charge in [0.2, 0.25) is 0 Å². The Labute approximate surface area is 177 Å². The molecule has 1 N–H and O–H groups in total. The monoisotopic (exact) mass is 429 g/mol. The summed E-state index contributed by atoms with van der Waals surface area (Å²) < 4.78 is 45.6. The van der Waals surface area contributed by atoms with Crippen LogP contribution in [0.2, 0.25) is 0 Å². The highest BCUT2D eigenvalue weighted by molar-refractivity contribution is 5.82. The van der Waals surface area contributed by atoms with Crippen molar-refractivity contribution < 1.29 is 27.8 Å². The number of benzene rings is 3. The van der Waals surface area contributed by atoms with Crippen molar-refractivity contribution in [3.63, 3.8) is 0 Å². The van der Waals surface area contributed by atoms with Crippen molar-refractivity contribution in [2.75, 3.05) is 13.1 Å². The lowest BCUT2D eigenvalue weighted by atomic mass is 9.86. The fourth-order valence-electron chi connectivity index (χ4n) is 4.12. The maximum atomic E-state index is 13.2. The molecule has 1 heterocycles. The zero-order valence-electron chi connectivity index (χ0n) is 16.7. The van der Waals surface area contributed by atoms with Gasteiger partial charge in [-0.2, -0.15) is 13.2 Å². The second kappa shape index (κ2) is 8.59. The third-order valence-electron chi connectivity index (χ3n) is 5.75. The first-order valence-electron chi connectivity index (χ1n) is 10.1. The van der Waals surface area contributed by atoms with E-state index in [-0.39, 0.29) is 25.6 Å². The second-order valence-corrected chi connectivity index (χ2v) is 7.78. The average molecular weight is 429 g/mol. The first kappa shape index (κ1) is 21.2. The number of carboxylic acid groups (broad SMARTS) is 1. The molecule has 2 atom stereocenters. The van der Waals surface area contributed by atoms with Crippen molar-refractivity contribution in [2.45, 2.75) is 31.2 Å². The third kappa shape index (κ3) is 4.82. The van der Waals surface area contributed by atoms with Crippen molar-refractivity contribution in [2.24, 2.45) is 0 Å². The fourth-order valence-corrected chi connectivity index (χ4v) is 4.12. The molecule has 7 heteroatoms. The van der Waals surface area contributed by atoms with E-state index in [1.807, 2.05) is 42.5 Å². The number of fused-ring (bicyclic) bond motifs is 1. The lowest BCUT2D eigenvalue weighted by molar-refractivity contribution is -0.137. The van der Waals surface area contributed by atoms with Crippen LogP contribution < -0.4 is 0 Å². The van der Waals surface area contributed by atoms with Gasteiger partial charge in [0.1, 0.15) is 0 Å². The van der Waals surface area contributed by atoms with Crippen LogP contribution in [0.3, 0.4) is 0 Å². The molecular weight excluding hydrogens is 407 g/mol. The molecule has 0 saturated carbocycles. The number of alkyl halides is 3. The first-order valence-corrected chi connectivity index (χ1v) is 10.1. The van der Waals surface area contributed by atoms with Crippen molar-refractivity contribution in [1.82, 2.24) is 4.90 Å². The van der Waals surface area contributed by atoms with Crippen LogP contribution in [0, 0.1) is 0 Å². The number of halogens is 3. The molecule has 0 bridgehead atoms. The molecule has 3 aromatic carbocycles. The smallest absolute Gasteiger partial charge is 0.416 e. The van der Waals surface area contributed by atoms with E-state index in [1.54, 1.807) is 6.07 Å². The van der Waals surface area contributed by atoms with Crippen LogP contribution >= 0.6 is 0 Å². The summed E-state index contributed by atoms with van der Waals surface area (Å²) in [4.78, 5) is 12.7. The summed E-state index contributed by atoms with van der Waals surface area (Å²) in [5.74, 6) is -0.321. The van der Waals surface area contributed by atoms with Gasteiger partial charge in [0.05, 0.1) is 24.8 Å². The molecule has 4 rings (SSSR count). The molecule has 1 amide bonds. The van der Waals surface area contributed by atoms with Crippen LogP contribution in [0.5, 0.6) is 0 Å². The number of hydrogen-bond acceptors (Lipinski definition) is 2. The SMILES string of the molecule is O=C(O)N1CCC(c2cccc(C(F)(F)F)c2)C(OCc2ccc3ccccc3c2)C1. The number of hydrogen-bond donors (Lipinski definition) is 1. The Morgan fingerprint density at radius 1 is 1.03 bits per heavy atom. The summed E-state index contributed by atoms with van der Waals surface area (Å²) in [5.41, 5.74) is 0.733. The summed E-state index contributed by atoms with van der Waals surface area (Å²) in [5, 5.41) is 11.6. The minimum Gasteiger partial charge on any atom is -0.465 e. The van der Waals surface area contributed by atoms with Gasteiger partial charge in [0.25, 0.3) is 0 Å². The summed E-state index contributed by atoms with van der Waals surface area (Å²) in [6, 6.07) is 19.1. The molecule has 2 unspecified atom stereocenters. The molecule has 1 aliphatic heterocycles. The molecular formula is C24H22F3NO3. The van der Waals surface area contributed by atoms with Crippen LogP contribution in [0.25, 0.3) is 10.8 Å². The highest BCUT2D eigenvalue weighted by Gasteiger charge is 2.35. The molecule has 3 aromatic rings. The molecule has 162 valence electrons. The quantitative estimate of drug-likeness (QED) is 0.561. The zero-order chi connectivity index (χ0) is 22.0. The van der Waals surface area contributed by atoms with Crippen LogP contribution in [0.15, 0.2) is 66.7 Å². The Morgan fingerprint density at radius 2 is 1.81 bits per heavy atom. The fraction of sp³-hybridized carbons (Fsp3) is 0.292. The van der Waals surface area contributed by atoms with E-state index in [9.17, 15) is 23.1 Å². The van der Waals surface area contributed by atoms with E-state index < -0.39 is 23.9 Å². The van der Waals surface area contributed by atoms with E-state index in [0.717, 1.165) is 28.5 Å². The highest BCUT2D eigenvalue weighted by atomic mass is 19.4. The lowest BCUT2D eigenvalue weighted by Crippen LogP contribution is -2.46. The average Bonchev–Trinajstić information content (AvgIpc) is 2.77. The number of likely N-dealkylation sites (tertiary alicyclic amines) is 1. The standard InChI is InChI=1S/C24H22F3NO3/c25-24(26,27)20-7-3-6-19(13-20)21-10-11-28(23(29)30)14-22(21)31-15-16-8-9-17-4-1-2-5-18(17)12-16/h1-9,12-13,21-22H,10-11,14-15H2,(H,29,30). The van der Waals surface area contributed by atoms with E-state index in [0.29, 0.717) is 12.0 Å². The first-order chi connectivity index (χ1) is 14.8. The minimum absolute atomic E-state index is 0.115. The topological polar surface area (TPSA) is 49.8 Å². The summed E-state index contributed by atoms with van der Waals surface area (Å²) in [6.07, 6.45) is -5.63. The third-order valence-corrected chi connectivity index (χ3v) is 5.75. The second-order valence-electron chi connectivity index (χ2n) is 7.78. The van der Waals surface area contributed by atoms with Gasteiger partial charge in [-0.1, -0.05) is 54.6 Å². The maximum absolute atomic E-state index is 13.2. The minimum atomic E-state index is -4.43. The van der Waals surface area contributed by atoms with Gasteiger partial charge in [-0.15, -0.1) is 0 Å². The number of rotatable bonds is 4. The Hall–Kier alpha value is -3.06. The van der Waals surface area contributed by atoms with Crippen LogP contribution in [0.4, 0.5) is 18.0 Å². The molecule has 0 radical (unpaired) electrons. The van der Waals surface area contributed by atoms with Crippen LogP contribution in [-0.4, -0.2) is 35.3 Å². The summed E-state index contributed by atoms with van der Waals surface area (Å²) >= 11 is 0. The zero-order valence-corrected chi connectivity index (χ0v) is 16.7. The van der Waals surface area contributed by atoms with E-state index in [2.05, 4.69) is 0 Å². The number of ether oxygens (including phenoxy) is 1. The van der Waals surface area contributed by atoms with Gasteiger partial charge < -0.3 is 14.7 Å². The summed E-state index contributed by atoms with van der Waals surface area (Å²) in [6.45, 7) is 0.619.